The van der Waals surface area contributed by atoms with E-state index in [4.69, 9.17) is 16.0 Å². The number of benzene rings is 2. The third-order valence-corrected chi connectivity index (χ3v) is 5.57. The van der Waals surface area contributed by atoms with E-state index in [1.807, 2.05) is 70.9 Å². The van der Waals surface area contributed by atoms with E-state index in [0.717, 1.165) is 34.1 Å². The number of carbonyl (C=O) groups is 1. The molecule has 0 saturated carbocycles. The Morgan fingerprint density at radius 3 is 2.76 bits per heavy atom. The van der Waals surface area contributed by atoms with Gasteiger partial charge in [-0.2, -0.15) is 4.57 Å². The number of aliphatic carboxylic acids is 1. The highest BCUT2D eigenvalue weighted by molar-refractivity contribution is 6.31. The predicted molar refractivity (Wildman–Crippen MR) is 115 cm³/mol. The Bertz CT molecular complexity index is 1260. The largest absolute Gasteiger partial charge is 0.481 e. The Balaban J connectivity index is 1.84. The molecule has 0 amide bonds. The molecular weight excluding hydrogens is 388 g/mol. The fourth-order valence-corrected chi connectivity index (χ4v) is 3.78. The van der Waals surface area contributed by atoms with Crippen LogP contribution in [0.3, 0.4) is 0 Å². The van der Waals surface area contributed by atoms with E-state index in [1.54, 1.807) is 19.9 Å². The SMILES string of the molecule is CC[n+]1c(C=Cn2cc(C(C)(C)C(=O)O)c3ccccc32)oc2ccc(Cl)cc21. The summed E-state index contributed by atoms with van der Waals surface area (Å²) in [4.78, 5) is 11.8. The van der Waals surface area contributed by atoms with Crippen molar-refractivity contribution in [3.63, 3.8) is 0 Å². The second kappa shape index (κ2) is 7.08. The molecule has 4 aromatic rings. The Kier molecular flexibility index (Phi) is 4.71. The molecule has 29 heavy (non-hydrogen) atoms. The third-order valence-electron chi connectivity index (χ3n) is 5.33. The molecule has 0 aliphatic carbocycles. The van der Waals surface area contributed by atoms with Gasteiger partial charge in [-0.1, -0.05) is 29.8 Å². The summed E-state index contributed by atoms with van der Waals surface area (Å²) in [6.07, 6.45) is 5.67. The zero-order chi connectivity index (χ0) is 20.8. The first-order valence-electron chi connectivity index (χ1n) is 9.46. The molecule has 0 spiro atoms. The van der Waals surface area contributed by atoms with Crippen molar-refractivity contribution in [3.8, 4) is 0 Å². The summed E-state index contributed by atoms with van der Waals surface area (Å²) in [6, 6.07) is 13.4. The Morgan fingerprint density at radius 1 is 1.28 bits per heavy atom. The van der Waals surface area contributed by atoms with Gasteiger partial charge in [0.25, 0.3) is 5.52 Å². The van der Waals surface area contributed by atoms with Crippen molar-refractivity contribution >= 4 is 51.8 Å². The summed E-state index contributed by atoms with van der Waals surface area (Å²) in [7, 11) is 0. The minimum absolute atomic E-state index is 0.660. The van der Waals surface area contributed by atoms with E-state index in [-0.39, 0.29) is 0 Å². The second-order valence-electron chi connectivity index (χ2n) is 7.51. The molecule has 2 aromatic carbocycles. The monoisotopic (exact) mass is 409 g/mol. The standard InChI is InChI=1S/C23H21ClN2O3/c1-4-26-19-13-15(24)9-10-20(19)29-21(26)11-12-25-14-17(23(2,3)22(27)28)16-7-5-6-8-18(16)25/h5-14H,4H2,1-3H3/p+1. The van der Waals surface area contributed by atoms with Crippen molar-refractivity contribution in [2.45, 2.75) is 32.7 Å². The summed E-state index contributed by atoms with van der Waals surface area (Å²) in [5.41, 5.74) is 2.41. The van der Waals surface area contributed by atoms with Gasteiger partial charge in [0.15, 0.2) is 0 Å². The number of nitrogens with zero attached hydrogens (tertiary/aromatic N) is 2. The predicted octanol–water partition coefficient (Wildman–Crippen LogP) is 5.34. The van der Waals surface area contributed by atoms with Crippen LogP contribution in [-0.2, 0) is 16.8 Å². The molecule has 0 radical (unpaired) electrons. The van der Waals surface area contributed by atoms with Crippen molar-refractivity contribution in [2.75, 3.05) is 0 Å². The van der Waals surface area contributed by atoms with E-state index in [0.29, 0.717) is 10.9 Å². The van der Waals surface area contributed by atoms with Crippen molar-refractivity contribution in [2.24, 2.45) is 0 Å². The maximum Gasteiger partial charge on any atom is 0.375 e. The highest BCUT2D eigenvalue weighted by atomic mass is 35.5. The highest BCUT2D eigenvalue weighted by Crippen LogP contribution is 2.32. The van der Waals surface area contributed by atoms with Gasteiger partial charge in [-0.25, -0.2) is 0 Å². The molecular formula is C23H22ClN2O3+. The number of carboxylic acid groups (broad SMARTS) is 1. The van der Waals surface area contributed by atoms with E-state index in [9.17, 15) is 9.90 Å². The number of halogens is 1. The molecule has 0 fully saturated rings. The molecule has 0 aliphatic heterocycles. The van der Waals surface area contributed by atoms with Crippen LogP contribution in [0.5, 0.6) is 0 Å². The number of carboxylic acids is 1. The number of rotatable bonds is 5. The van der Waals surface area contributed by atoms with Crippen LogP contribution < -0.4 is 4.57 Å². The zero-order valence-electron chi connectivity index (χ0n) is 16.5. The molecule has 5 nitrogen and oxygen atoms in total. The minimum Gasteiger partial charge on any atom is -0.481 e. The van der Waals surface area contributed by atoms with Gasteiger partial charge in [0.2, 0.25) is 5.58 Å². The molecule has 0 saturated heterocycles. The van der Waals surface area contributed by atoms with Gasteiger partial charge in [0.05, 0.1) is 17.0 Å². The highest BCUT2D eigenvalue weighted by Gasteiger charge is 2.32. The van der Waals surface area contributed by atoms with E-state index < -0.39 is 11.4 Å². The lowest BCUT2D eigenvalue weighted by Crippen LogP contribution is -2.33. The smallest absolute Gasteiger partial charge is 0.375 e. The molecule has 2 heterocycles. The van der Waals surface area contributed by atoms with Crippen LogP contribution in [0.1, 0.15) is 32.2 Å². The molecule has 0 unspecified atom stereocenters. The molecule has 1 N–H and O–H groups in total. The van der Waals surface area contributed by atoms with Gasteiger partial charge in [0, 0.05) is 28.9 Å². The molecule has 2 aromatic heterocycles. The first-order valence-corrected chi connectivity index (χ1v) is 9.84. The van der Waals surface area contributed by atoms with Crippen LogP contribution in [0, 0.1) is 0 Å². The van der Waals surface area contributed by atoms with Gasteiger partial charge < -0.3 is 14.1 Å². The summed E-state index contributed by atoms with van der Waals surface area (Å²) in [5.74, 6) is -0.163. The van der Waals surface area contributed by atoms with Crippen molar-refractivity contribution < 1.29 is 18.9 Å². The van der Waals surface area contributed by atoms with Crippen LogP contribution >= 0.6 is 11.6 Å². The summed E-state index contributed by atoms with van der Waals surface area (Å²) < 4.78 is 9.99. The maximum atomic E-state index is 11.8. The maximum absolute atomic E-state index is 11.8. The summed E-state index contributed by atoms with van der Waals surface area (Å²) in [6.45, 7) is 6.22. The Morgan fingerprint density at radius 2 is 2.03 bits per heavy atom. The van der Waals surface area contributed by atoms with Crippen molar-refractivity contribution in [3.05, 3.63) is 65.1 Å². The average Bonchev–Trinajstić information content (AvgIpc) is 3.24. The molecule has 148 valence electrons. The first-order chi connectivity index (χ1) is 13.8. The quantitative estimate of drug-likeness (QED) is 0.453. The first kappa shape index (κ1) is 19.3. The number of aryl methyl sites for hydroxylation is 1. The van der Waals surface area contributed by atoms with Crippen LogP contribution in [-0.4, -0.2) is 15.6 Å². The second-order valence-corrected chi connectivity index (χ2v) is 7.95. The van der Waals surface area contributed by atoms with E-state index in [2.05, 4.69) is 0 Å². The van der Waals surface area contributed by atoms with Crippen LogP contribution in [0.2, 0.25) is 5.02 Å². The molecule has 0 aliphatic rings. The van der Waals surface area contributed by atoms with E-state index >= 15 is 0 Å². The average molecular weight is 410 g/mol. The number of oxazole rings is 1. The minimum atomic E-state index is -1.00. The lowest BCUT2D eigenvalue weighted by Gasteiger charge is -2.18. The topological polar surface area (TPSA) is 59.2 Å². The zero-order valence-corrected chi connectivity index (χ0v) is 17.3. The van der Waals surface area contributed by atoms with Gasteiger partial charge >= 0.3 is 11.9 Å². The van der Waals surface area contributed by atoms with E-state index in [1.165, 1.54) is 0 Å². The number of fused-ring (bicyclic) bond motifs is 2. The number of hydrogen-bond acceptors (Lipinski definition) is 2. The molecule has 0 bridgehead atoms. The fraction of sp³-hybridized carbons (Fsp3) is 0.217. The third kappa shape index (κ3) is 3.21. The van der Waals surface area contributed by atoms with Crippen LogP contribution in [0.15, 0.2) is 53.1 Å². The Hall–Kier alpha value is -3.05. The van der Waals surface area contributed by atoms with Crippen molar-refractivity contribution in [1.82, 2.24) is 4.57 Å². The lowest BCUT2D eigenvalue weighted by molar-refractivity contribution is -0.674. The molecule has 0 atom stereocenters. The van der Waals surface area contributed by atoms with Crippen LogP contribution in [0.25, 0.3) is 34.3 Å². The number of hydrogen-bond donors (Lipinski definition) is 1. The number of aromatic nitrogens is 2. The fourth-order valence-electron chi connectivity index (χ4n) is 3.61. The van der Waals surface area contributed by atoms with Gasteiger partial charge in [-0.15, -0.1) is 0 Å². The van der Waals surface area contributed by atoms with Gasteiger partial charge in [-0.3, -0.25) is 4.79 Å². The van der Waals surface area contributed by atoms with Gasteiger partial charge in [0.1, 0.15) is 6.54 Å². The summed E-state index contributed by atoms with van der Waals surface area (Å²) in [5, 5.41) is 11.3. The van der Waals surface area contributed by atoms with Crippen LogP contribution in [0.4, 0.5) is 0 Å². The normalized spacial score (nSPS) is 12.4. The Labute approximate surface area is 173 Å². The number of para-hydroxylation sites is 1. The summed E-state index contributed by atoms with van der Waals surface area (Å²) >= 11 is 6.14. The molecule has 4 rings (SSSR count). The lowest BCUT2D eigenvalue weighted by atomic mass is 9.85. The molecule has 6 heteroatoms. The van der Waals surface area contributed by atoms with Crippen molar-refractivity contribution in [1.29, 1.82) is 0 Å². The van der Waals surface area contributed by atoms with Gasteiger partial charge in [-0.05, 0) is 44.5 Å².